The Labute approximate surface area is 138 Å². The largest absolute Gasteiger partial charge is 0.480 e. The fourth-order valence-corrected chi connectivity index (χ4v) is 3.69. The first kappa shape index (κ1) is 15.8. The molecular weight excluding hydrogens is 312 g/mol. The zero-order valence-electron chi connectivity index (χ0n) is 12.9. The van der Waals surface area contributed by atoms with Gasteiger partial charge < -0.3 is 5.11 Å². The number of benzene rings is 1. The quantitative estimate of drug-likeness (QED) is 0.673. The number of aromatic nitrogens is 2. The van der Waals surface area contributed by atoms with Gasteiger partial charge in [-0.25, -0.2) is 4.98 Å². The number of thioether (sulfide) groups is 1. The number of nitrogens with zero attached hydrogens (tertiary/aromatic N) is 2. The third-order valence-corrected chi connectivity index (χ3v) is 4.98. The van der Waals surface area contributed by atoms with E-state index >= 15 is 0 Å². The average molecular weight is 330 g/mol. The van der Waals surface area contributed by atoms with E-state index in [0.717, 1.165) is 24.1 Å². The maximum Gasteiger partial charge on any atom is 0.323 e. The summed E-state index contributed by atoms with van der Waals surface area (Å²) in [5.74, 6) is -0.366. The highest BCUT2D eigenvalue weighted by molar-refractivity contribution is 7.98. The zero-order chi connectivity index (χ0) is 16.4. The van der Waals surface area contributed by atoms with Crippen molar-refractivity contribution in [1.29, 1.82) is 0 Å². The zero-order valence-corrected chi connectivity index (χ0v) is 13.7. The number of aliphatic carboxylic acids is 1. The summed E-state index contributed by atoms with van der Waals surface area (Å²) in [6, 6.07) is 8.15. The number of carbonyl (C=O) groups is 1. The number of hydrogen-bond donors (Lipinski definition) is 1. The first-order chi connectivity index (χ1) is 11.0. The molecule has 1 N–H and O–H groups in total. The fourth-order valence-electron chi connectivity index (χ4n) is 2.72. The van der Waals surface area contributed by atoms with E-state index in [1.54, 1.807) is 0 Å². The molecule has 0 saturated heterocycles. The second-order valence-electron chi connectivity index (χ2n) is 5.73. The van der Waals surface area contributed by atoms with Gasteiger partial charge in [0.25, 0.3) is 5.56 Å². The molecule has 0 atom stereocenters. The summed E-state index contributed by atoms with van der Waals surface area (Å²) in [6.07, 6.45) is 2.41. The van der Waals surface area contributed by atoms with Crippen LogP contribution in [0.3, 0.4) is 0 Å². The number of hydrogen-bond acceptors (Lipinski definition) is 4. The first-order valence-corrected chi connectivity index (χ1v) is 8.56. The minimum atomic E-state index is -1.02. The normalized spacial score (nSPS) is 13.1. The lowest BCUT2D eigenvalue weighted by atomic mass is 10.2. The lowest BCUT2D eigenvalue weighted by Gasteiger charge is -2.12. The Bertz CT molecular complexity index is 797. The van der Waals surface area contributed by atoms with Crippen LogP contribution in [0.4, 0.5) is 0 Å². The number of carboxylic acids is 1. The highest BCUT2D eigenvalue weighted by Crippen LogP contribution is 2.24. The van der Waals surface area contributed by atoms with E-state index in [9.17, 15) is 9.59 Å². The van der Waals surface area contributed by atoms with Crippen LogP contribution in [0.2, 0.25) is 0 Å². The van der Waals surface area contributed by atoms with Crippen LogP contribution in [0.5, 0.6) is 0 Å². The summed E-state index contributed by atoms with van der Waals surface area (Å²) < 4.78 is 1.30. The number of fused-ring (bicyclic) bond motifs is 1. The van der Waals surface area contributed by atoms with Crippen molar-refractivity contribution in [2.75, 3.05) is 0 Å². The van der Waals surface area contributed by atoms with Crippen LogP contribution in [0, 0.1) is 6.92 Å². The van der Waals surface area contributed by atoms with Crippen LogP contribution < -0.4 is 5.56 Å². The molecule has 1 aromatic carbocycles. The summed E-state index contributed by atoms with van der Waals surface area (Å²) in [5.41, 5.74) is 3.64. The molecule has 23 heavy (non-hydrogen) atoms. The molecule has 0 bridgehead atoms. The molecule has 0 spiro atoms. The second-order valence-corrected chi connectivity index (χ2v) is 6.67. The summed E-state index contributed by atoms with van der Waals surface area (Å²) in [5, 5.41) is 9.58. The standard InChI is InChI=1S/C17H18N2O3S/c1-11-5-7-12(8-6-11)10-23-17-18-14-4-2-3-13(14)16(22)19(17)9-15(20)21/h5-8H,2-4,9-10H2,1H3,(H,20,21). The van der Waals surface area contributed by atoms with E-state index in [4.69, 9.17) is 5.11 Å². The van der Waals surface area contributed by atoms with Gasteiger partial charge in [-0.15, -0.1) is 0 Å². The van der Waals surface area contributed by atoms with Crippen LogP contribution >= 0.6 is 11.8 Å². The lowest BCUT2D eigenvalue weighted by molar-refractivity contribution is -0.137. The van der Waals surface area contributed by atoms with Gasteiger partial charge in [-0.1, -0.05) is 41.6 Å². The molecule has 1 aromatic heterocycles. The topological polar surface area (TPSA) is 72.2 Å². The summed E-state index contributed by atoms with van der Waals surface area (Å²) in [7, 11) is 0. The molecule has 1 heterocycles. The molecule has 5 nitrogen and oxygen atoms in total. The summed E-state index contributed by atoms with van der Waals surface area (Å²) in [6.45, 7) is 1.69. The van der Waals surface area contributed by atoms with E-state index in [0.29, 0.717) is 22.9 Å². The lowest BCUT2D eigenvalue weighted by Crippen LogP contribution is -2.29. The van der Waals surface area contributed by atoms with Crippen LogP contribution in [-0.2, 0) is 29.9 Å². The third kappa shape index (κ3) is 3.47. The van der Waals surface area contributed by atoms with E-state index in [1.165, 1.54) is 21.9 Å². The number of rotatable bonds is 5. The SMILES string of the molecule is Cc1ccc(CSc2nc3c(c(=O)n2CC(=O)O)CCC3)cc1. The molecule has 0 saturated carbocycles. The molecule has 1 aliphatic rings. The van der Waals surface area contributed by atoms with Gasteiger partial charge in [-0.2, -0.15) is 0 Å². The predicted octanol–water partition coefficient (Wildman–Crippen LogP) is 2.42. The van der Waals surface area contributed by atoms with Crippen LogP contribution in [0.1, 0.15) is 28.8 Å². The Kier molecular flexibility index (Phi) is 4.52. The highest BCUT2D eigenvalue weighted by Gasteiger charge is 2.21. The molecule has 6 heteroatoms. The van der Waals surface area contributed by atoms with Crippen molar-refractivity contribution >= 4 is 17.7 Å². The van der Waals surface area contributed by atoms with Gasteiger partial charge in [0.2, 0.25) is 0 Å². The maximum atomic E-state index is 12.5. The molecule has 2 aromatic rings. The third-order valence-electron chi connectivity index (χ3n) is 3.94. The summed E-state index contributed by atoms with van der Waals surface area (Å²) >= 11 is 1.42. The molecule has 0 aliphatic heterocycles. The average Bonchev–Trinajstić information content (AvgIpc) is 2.98. The van der Waals surface area contributed by atoms with Crippen LogP contribution in [-0.4, -0.2) is 20.6 Å². The Balaban J connectivity index is 1.90. The van der Waals surface area contributed by atoms with Crippen molar-refractivity contribution < 1.29 is 9.90 Å². The van der Waals surface area contributed by atoms with Gasteiger partial charge in [-0.05, 0) is 31.7 Å². The molecule has 3 rings (SSSR count). The molecule has 0 fully saturated rings. The van der Waals surface area contributed by atoms with Crippen molar-refractivity contribution in [1.82, 2.24) is 9.55 Å². The second kappa shape index (κ2) is 6.58. The molecule has 1 aliphatic carbocycles. The summed E-state index contributed by atoms with van der Waals surface area (Å²) in [4.78, 5) is 28.2. The Morgan fingerprint density at radius 3 is 2.74 bits per heavy atom. The molecular formula is C17H18N2O3S. The van der Waals surface area contributed by atoms with Crippen molar-refractivity contribution in [3.8, 4) is 0 Å². The van der Waals surface area contributed by atoms with E-state index in [-0.39, 0.29) is 12.1 Å². The Hall–Kier alpha value is -2.08. The predicted molar refractivity (Wildman–Crippen MR) is 88.9 cm³/mol. The van der Waals surface area contributed by atoms with Gasteiger partial charge in [0.1, 0.15) is 6.54 Å². The molecule has 120 valence electrons. The molecule has 0 unspecified atom stereocenters. The number of carboxylic acid groups (broad SMARTS) is 1. The minimum Gasteiger partial charge on any atom is -0.480 e. The first-order valence-electron chi connectivity index (χ1n) is 7.57. The van der Waals surface area contributed by atoms with Gasteiger partial charge in [-0.3, -0.25) is 14.2 Å². The van der Waals surface area contributed by atoms with Crippen molar-refractivity contribution in [2.45, 2.75) is 43.6 Å². The van der Waals surface area contributed by atoms with Gasteiger partial charge in [0.15, 0.2) is 5.16 Å². The van der Waals surface area contributed by atoms with Gasteiger partial charge in [0, 0.05) is 11.3 Å². The van der Waals surface area contributed by atoms with Crippen molar-refractivity contribution in [2.24, 2.45) is 0 Å². The Morgan fingerprint density at radius 1 is 1.30 bits per heavy atom. The maximum absolute atomic E-state index is 12.5. The van der Waals surface area contributed by atoms with Gasteiger partial charge >= 0.3 is 5.97 Å². The van der Waals surface area contributed by atoms with Gasteiger partial charge in [0.05, 0.1) is 5.69 Å². The molecule has 0 amide bonds. The van der Waals surface area contributed by atoms with Crippen LogP contribution in [0.15, 0.2) is 34.2 Å². The minimum absolute atomic E-state index is 0.193. The molecule has 0 radical (unpaired) electrons. The van der Waals surface area contributed by atoms with Crippen LogP contribution in [0.25, 0.3) is 0 Å². The van der Waals surface area contributed by atoms with E-state index in [1.807, 2.05) is 31.2 Å². The van der Waals surface area contributed by atoms with E-state index < -0.39 is 5.97 Å². The van der Waals surface area contributed by atoms with E-state index in [2.05, 4.69) is 4.98 Å². The highest BCUT2D eigenvalue weighted by atomic mass is 32.2. The monoisotopic (exact) mass is 330 g/mol. The fraction of sp³-hybridized carbons (Fsp3) is 0.353. The number of aryl methyl sites for hydroxylation is 2. The van der Waals surface area contributed by atoms with Crippen molar-refractivity contribution in [3.63, 3.8) is 0 Å². The smallest absolute Gasteiger partial charge is 0.323 e. The van der Waals surface area contributed by atoms with Crippen molar-refractivity contribution in [3.05, 3.63) is 57.0 Å². The Morgan fingerprint density at radius 2 is 2.04 bits per heavy atom.